The number of carbonyl (C=O) groups is 1. The number of nitrogens with one attached hydrogen (secondary N) is 2. The number of ether oxygens (including phenoxy) is 2. The lowest BCUT2D eigenvalue weighted by Crippen LogP contribution is -2.33. The van der Waals surface area contributed by atoms with Gasteiger partial charge in [-0.2, -0.15) is 5.26 Å². The van der Waals surface area contributed by atoms with Crippen molar-refractivity contribution in [3.05, 3.63) is 64.1 Å². The molecule has 1 aliphatic rings. The van der Waals surface area contributed by atoms with Crippen molar-refractivity contribution in [2.24, 2.45) is 0 Å². The van der Waals surface area contributed by atoms with Crippen LogP contribution in [0.15, 0.2) is 35.7 Å². The summed E-state index contributed by atoms with van der Waals surface area (Å²) in [5, 5.41) is 17.4. The van der Waals surface area contributed by atoms with Crippen LogP contribution in [0.25, 0.3) is 0 Å². The van der Waals surface area contributed by atoms with Gasteiger partial charge in [-0.25, -0.2) is 15.0 Å². The molecule has 1 amide bonds. The van der Waals surface area contributed by atoms with Crippen molar-refractivity contribution >= 4 is 28.2 Å². The lowest BCUT2D eigenvalue weighted by Gasteiger charge is -2.30. The highest BCUT2D eigenvalue weighted by atomic mass is 32.1. The number of piperidine rings is 1. The zero-order valence-electron chi connectivity index (χ0n) is 21.8. The van der Waals surface area contributed by atoms with E-state index in [0.717, 1.165) is 42.8 Å². The molecule has 10 nitrogen and oxygen atoms in total. The first-order valence-corrected chi connectivity index (χ1v) is 13.5. The minimum Gasteiger partial charge on any atom is -0.382 e. The van der Waals surface area contributed by atoms with Gasteiger partial charge < -0.3 is 20.1 Å². The molecule has 0 radical (unpaired) electrons. The van der Waals surface area contributed by atoms with Gasteiger partial charge in [0.05, 0.1) is 32.4 Å². The number of methoxy groups -OCH3 is 1. The zero-order chi connectivity index (χ0) is 26.7. The third-order valence-corrected chi connectivity index (χ3v) is 7.06. The molecule has 2 N–H and O–H groups in total. The first-order valence-electron chi connectivity index (χ1n) is 12.6. The van der Waals surface area contributed by atoms with E-state index in [1.165, 1.54) is 11.3 Å². The molecule has 1 aromatic carbocycles. The average Bonchev–Trinajstić information content (AvgIpc) is 3.39. The lowest BCUT2D eigenvalue weighted by atomic mass is 9.93. The van der Waals surface area contributed by atoms with Crippen LogP contribution in [0.3, 0.4) is 0 Å². The normalized spacial score (nSPS) is 14.2. The Bertz CT molecular complexity index is 1230. The topological polar surface area (TPSA) is 125 Å². The summed E-state index contributed by atoms with van der Waals surface area (Å²) in [5.41, 5.74) is 3.42. The Hall–Kier alpha value is -3.43. The number of hydrogen-bond acceptors (Lipinski definition) is 10. The van der Waals surface area contributed by atoms with Crippen molar-refractivity contribution in [2.45, 2.75) is 38.8 Å². The molecule has 4 rings (SSSR count). The molecule has 0 bridgehead atoms. The molecular weight excluding hydrogens is 502 g/mol. The average molecular weight is 536 g/mol. The summed E-state index contributed by atoms with van der Waals surface area (Å²) >= 11 is 1.36. The van der Waals surface area contributed by atoms with Crippen LogP contribution in [-0.2, 0) is 22.6 Å². The summed E-state index contributed by atoms with van der Waals surface area (Å²) in [5.74, 6) is 1.46. The first kappa shape index (κ1) is 27.6. The molecule has 200 valence electrons. The molecule has 0 saturated carbocycles. The SMILES string of the molecule is COCCOCc1ccc(CNC(=O)c2csc(Nc3cc(C4CCN(CC#N)CC4)nc(C)n3)n2)cc1. The summed E-state index contributed by atoms with van der Waals surface area (Å²) in [6, 6.07) is 12.1. The van der Waals surface area contributed by atoms with E-state index in [9.17, 15) is 4.79 Å². The number of aromatic nitrogens is 3. The minimum absolute atomic E-state index is 0.232. The fourth-order valence-electron chi connectivity index (χ4n) is 4.25. The number of likely N-dealkylation sites (tertiary alicyclic amines) is 1. The molecule has 2 aromatic heterocycles. The van der Waals surface area contributed by atoms with Crippen molar-refractivity contribution in [2.75, 3.05) is 45.3 Å². The summed E-state index contributed by atoms with van der Waals surface area (Å²) in [6.07, 6.45) is 1.92. The fourth-order valence-corrected chi connectivity index (χ4v) is 4.95. The monoisotopic (exact) mass is 535 g/mol. The summed E-state index contributed by atoms with van der Waals surface area (Å²) < 4.78 is 10.5. The van der Waals surface area contributed by atoms with E-state index in [4.69, 9.17) is 14.7 Å². The second kappa shape index (κ2) is 13.9. The molecule has 3 heterocycles. The van der Waals surface area contributed by atoms with Crippen LogP contribution in [0.2, 0.25) is 0 Å². The van der Waals surface area contributed by atoms with Crippen molar-refractivity contribution in [3.8, 4) is 6.07 Å². The van der Waals surface area contributed by atoms with E-state index in [-0.39, 0.29) is 5.91 Å². The number of aryl methyl sites for hydroxylation is 1. The Labute approximate surface area is 227 Å². The molecule has 0 aliphatic carbocycles. The van der Waals surface area contributed by atoms with Gasteiger partial charge in [0.2, 0.25) is 0 Å². The first-order chi connectivity index (χ1) is 18.5. The molecule has 1 saturated heterocycles. The quantitative estimate of drug-likeness (QED) is 0.263. The highest BCUT2D eigenvalue weighted by Gasteiger charge is 2.22. The number of thiazole rings is 1. The molecule has 1 aliphatic heterocycles. The van der Waals surface area contributed by atoms with E-state index in [1.807, 2.05) is 37.3 Å². The Morgan fingerprint density at radius 2 is 1.92 bits per heavy atom. The van der Waals surface area contributed by atoms with E-state index < -0.39 is 0 Å². The van der Waals surface area contributed by atoms with Gasteiger partial charge in [0, 0.05) is 36.7 Å². The number of anilines is 2. The van der Waals surface area contributed by atoms with Crippen molar-refractivity contribution < 1.29 is 14.3 Å². The van der Waals surface area contributed by atoms with Crippen LogP contribution >= 0.6 is 11.3 Å². The number of rotatable bonds is 12. The van der Waals surface area contributed by atoms with Gasteiger partial charge in [0.25, 0.3) is 5.91 Å². The Balaban J connectivity index is 1.28. The maximum atomic E-state index is 12.7. The summed E-state index contributed by atoms with van der Waals surface area (Å²) in [6.45, 7) is 6.19. The molecule has 11 heteroatoms. The lowest BCUT2D eigenvalue weighted by molar-refractivity contribution is 0.0616. The summed E-state index contributed by atoms with van der Waals surface area (Å²) in [4.78, 5) is 28.5. The van der Waals surface area contributed by atoms with Crippen molar-refractivity contribution in [3.63, 3.8) is 0 Å². The van der Waals surface area contributed by atoms with E-state index in [2.05, 4.69) is 36.6 Å². The van der Waals surface area contributed by atoms with Gasteiger partial charge >= 0.3 is 0 Å². The third kappa shape index (κ3) is 8.03. The fraction of sp³-hybridized carbons (Fsp3) is 0.444. The van der Waals surface area contributed by atoms with Crippen LogP contribution in [-0.4, -0.2) is 65.7 Å². The van der Waals surface area contributed by atoms with Gasteiger partial charge in [-0.1, -0.05) is 24.3 Å². The number of hydrogen-bond donors (Lipinski definition) is 2. The van der Waals surface area contributed by atoms with Crippen molar-refractivity contribution in [1.82, 2.24) is 25.2 Å². The second-order valence-corrected chi connectivity index (χ2v) is 10.00. The van der Waals surface area contributed by atoms with Crippen LogP contribution in [0, 0.1) is 18.3 Å². The number of nitriles is 1. The van der Waals surface area contributed by atoms with Gasteiger partial charge in [-0.15, -0.1) is 11.3 Å². The van der Waals surface area contributed by atoms with Crippen LogP contribution < -0.4 is 10.6 Å². The molecule has 38 heavy (non-hydrogen) atoms. The third-order valence-electron chi connectivity index (χ3n) is 6.31. The molecule has 3 aromatic rings. The maximum Gasteiger partial charge on any atom is 0.271 e. The minimum atomic E-state index is -0.232. The zero-order valence-corrected chi connectivity index (χ0v) is 22.6. The molecular formula is C27H33N7O3S. The number of benzene rings is 1. The molecule has 1 fully saturated rings. The Kier molecular flexibility index (Phi) is 10.1. The predicted octanol–water partition coefficient (Wildman–Crippen LogP) is 3.78. The highest BCUT2D eigenvalue weighted by Crippen LogP contribution is 2.29. The predicted molar refractivity (Wildman–Crippen MR) is 145 cm³/mol. The van der Waals surface area contributed by atoms with Gasteiger partial charge in [0.15, 0.2) is 5.13 Å². The van der Waals surface area contributed by atoms with E-state index in [0.29, 0.717) is 61.3 Å². The van der Waals surface area contributed by atoms with Gasteiger partial charge in [-0.3, -0.25) is 9.69 Å². The number of amides is 1. The van der Waals surface area contributed by atoms with Crippen molar-refractivity contribution in [1.29, 1.82) is 5.26 Å². The highest BCUT2D eigenvalue weighted by molar-refractivity contribution is 7.14. The molecule has 0 atom stereocenters. The van der Waals surface area contributed by atoms with Crippen LogP contribution in [0.4, 0.5) is 10.9 Å². The van der Waals surface area contributed by atoms with Crippen LogP contribution in [0.1, 0.15) is 51.9 Å². The van der Waals surface area contributed by atoms with Gasteiger partial charge in [-0.05, 0) is 44.0 Å². The molecule has 0 spiro atoms. The van der Waals surface area contributed by atoms with E-state index >= 15 is 0 Å². The number of carbonyl (C=O) groups excluding carboxylic acids is 1. The Morgan fingerprint density at radius 1 is 1.16 bits per heavy atom. The molecule has 0 unspecified atom stereocenters. The second-order valence-electron chi connectivity index (χ2n) is 9.14. The number of nitrogens with zero attached hydrogens (tertiary/aromatic N) is 5. The summed E-state index contributed by atoms with van der Waals surface area (Å²) in [7, 11) is 1.65. The largest absolute Gasteiger partial charge is 0.382 e. The standard InChI is InChI=1S/C27H33N7O3S/c1-19-30-23(22-7-10-34(11-8-22)12-9-28)15-25(31-19)33-27-32-24(18-38-27)26(35)29-16-20-3-5-21(6-4-20)17-37-14-13-36-2/h3-6,15,18,22H,7-8,10-14,16-17H2,1-2H3,(H,29,35)(H,30,31,32,33). The Morgan fingerprint density at radius 3 is 2.66 bits per heavy atom. The maximum absolute atomic E-state index is 12.7. The van der Waals surface area contributed by atoms with Gasteiger partial charge in [0.1, 0.15) is 17.3 Å². The van der Waals surface area contributed by atoms with Crippen LogP contribution in [0.5, 0.6) is 0 Å². The smallest absolute Gasteiger partial charge is 0.271 e. The van der Waals surface area contributed by atoms with E-state index in [1.54, 1.807) is 12.5 Å².